The van der Waals surface area contributed by atoms with Crippen molar-refractivity contribution in [3.8, 4) is 0 Å². The van der Waals surface area contributed by atoms with E-state index in [1.165, 1.54) is 6.20 Å². The van der Waals surface area contributed by atoms with E-state index in [9.17, 15) is 4.79 Å². The van der Waals surface area contributed by atoms with Crippen molar-refractivity contribution in [2.75, 3.05) is 12.3 Å². The van der Waals surface area contributed by atoms with Crippen LogP contribution >= 0.6 is 0 Å². The molecule has 2 N–H and O–H groups in total. The topological polar surface area (TPSA) is 65.2 Å². The van der Waals surface area contributed by atoms with Crippen LogP contribution in [0.25, 0.3) is 0 Å². The van der Waals surface area contributed by atoms with E-state index in [0.717, 1.165) is 11.3 Å². The minimum Gasteiger partial charge on any atom is -0.462 e. The lowest BCUT2D eigenvalue weighted by Gasteiger charge is -2.09. The molecule has 76 valence electrons. The van der Waals surface area contributed by atoms with Crippen LogP contribution in [0.3, 0.4) is 0 Å². The Kier molecular flexibility index (Phi) is 3.06. The second-order valence-corrected chi connectivity index (χ2v) is 3.02. The van der Waals surface area contributed by atoms with Crippen molar-refractivity contribution >= 4 is 11.7 Å². The molecule has 1 aromatic rings. The predicted molar refractivity (Wildman–Crippen MR) is 54.1 cm³/mol. The van der Waals surface area contributed by atoms with Crippen LogP contribution in [0.4, 0.5) is 5.69 Å². The molecule has 0 saturated carbocycles. The molecule has 0 atom stereocenters. The first kappa shape index (κ1) is 10.5. The van der Waals surface area contributed by atoms with Crippen molar-refractivity contribution in [3.63, 3.8) is 0 Å². The van der Waals surface area contributed by atoms with Crippen LogP contribution in [-0.2, 0) is 4.74 Å². The van der Waals surface area contributed by atoms with Crippen LogP contribution in [0.1, 0.15) is 28.5 Å². The van der Waals surface area contributed by atoms with E-state index in [-0.39, 0.29) is 5.97 Å². The maximum Gasteiger partial charge on any atom is 0.340 e. The highest BCUT2D eigenvalue weighted by molar-refractivity contribution is 5.96. The van der Waals surface area contributed by atoms with Gasteiger partial charge in [-0.2, -0.15) is 0 Å². The van der Waals surface area contributed by atoms with E-state index in [1.807, 2.05) is 13.8 Å². The standard InChI is InChI=1S/C10H14N2O2/c1-4-14-10(13)9-6(2)7(3)12-5-8(9)11/h5H,4,11H2,1-3H3. The summed E-state index contributed by atoms with van der Waals surface area (Å²) in [6.07, 6.45) is 1.48. The molecule has 1 aromatic heterocycles. The second kappa shape index (κ2) is 4.09. The van der Waals surface area contributed by atoms with Crippen LogP contribution in [0, 0.1) is 13.8 Å². The van der Waals surface area contributed by atoms with Gasteiger partial charge < -0.3 is 10.5 Å². The second-order valence-electron chi connectivity index (χ2n) is 3.02. The smallest absolute Gasteiger partial charge is 0.340 e. The van der Waals surface area contributed by atoms with Crippen LogP contribution in [-0.4, -0.2) is 17.6 Å². The van der Waals surface area contributed by atoms with Crippen LogP contribution in [0.15, 0.2) is 6.20 Å². The molecular formula is C10H14N2O2. The molecule has 0 fully saturated rings. The van der Waals surface area contributed by atoms with Gasteiger partial charge in [0.1, 0.15) is 0 Å². The molecule has 0 saturated heterocycles. The van der Waals surface area contributed by atoms with E-state index < -0.39 is 0 Å². The van der Waals surface area contributed by atoms with E-state index >= 15 is 0 Å². The number of esters is 1. The van der Waals surface area contributed by atoms with Gasteiger partial charge in [-0.25, -0.2) is 4.79 Å². The zero-order valence-electron chi connectivity index (χ0n) is 8.63. The maximum absolute atomic E-state index is 11.5. The van der Waals surface area contributed by atoms with Gasteiger partial charge in [-0.1, -0.05) is 0 Å². The summed E-state index contributed by atoms with van der Waals surface area (Å²) in [4.78, 5) is 15.6. The lowest BCUT2D eigenvalue weighted by Crippen LogP contribution is -2.11. The van der Waals surface area contributed by atoms with Crippen molar-refractivity contribution in [1.82, 2.24) is 4.98 Å². The number of anilines is 1. The zero-order valence-corrected chi connectivity index (χ0v) is 8.63. The zero-order chi connectivity index (χ0) is 10.7. The predicted octanol–water partition coefficient (Wildman–Crippen LogP) is 1.46. The fraction of sp³-hybridized carbons (Fsp3) is 0.400. The molecule has 1 rings (SSSR count). The van der Waals surface area contributed by atoms with Gasteiger partial charge in [0, 0.05) is 5.69 Å². The summed E-state index contributed by atoms with van der Waals surface area (Å²) in [5.41, 5.74) is 8.03. The van der Waals surface area contributed by atoms with Gasteiger partial charge in [-0.3, -0.25) is 4.98 Å². The highest BCUT2D eigenvalue weighted by Crippen LogP contribution is 2.18. The Hall–Kier alpha value is -1.58. The maximum atomic E-state index is 11.5. The molecule has 14 heavy (non-hydrogen) atoms. The van der Waals surface area contributed by atoms with Gasteiger partial charge in [0.2, 0.25) is 0 Å². The number of aromatic nitrogens is 1. The molecule has 0 radical (unpaired) electrons. The van der Waals surface area contributed by atoms with E-state index in [1.54, 1.807) is 6.92 Å². The Bertz CT molecular complexity index is 361. The summed E-state index contributed by atoms with van der Waals surface area (Å²) in [6.45, 7) is 5.75. The summed E-state index contributed by atoms with van der Waals surface area (Å²) < 4.78 is 4.90. The van der Waals surface area contributed by atoms with E-state index in [0.29, 0.717) is 17.9 Å². The number of aryl methyl sites for hydroxylation is 1. The molecule has 0 aliphatic rings. The number of hydrogen-bond donors (Lipinski definition) is 1. The Morgan fingerprint density at radius 3 is 2.79 bits per heavy atom. The quantitative estimate of drug-likeness (QED) is 0.724. The molecule has 4 heteroatoms. The summed E-state index contributed by atoms with van der Waals surface area (Å²) in [5.74, 6) is -0.381. The van der Waals surface area contributed by atoms with E-state index in [2.05, 4.69) is 4.98 Å². The van der Waals surface area contributed by atoms with Crippen molar-refractivity contribution in [2.45, 2.75) is 20.8 Å². The largest absolute Gasteiger partial charge is 0.462 e. The SMILES string of the molecule is CCOC(=O)c1c(N)cnc(C)c1C. The lowest BCUT2D eigenvalue weighted by molar-refractivity contribution is 0.0526. The molecule has 0 aromatic carbocycles. The molecule has 0 amide bonds. The van der Waals surface area contributed by atoms with Gasteiger partial charge in [0.15, 0.2) is 0 Å². The molecule has 0 spiro atoms. The highest BCUT2D eigenvalue weighted by Gasteiger charge is 2.15. The summed E-state index contributed by atoms with van der Waals surface area (Å²) >= 11 is 0. The average Bonchev–Trinajstić information content (AvgIpc) is 2.13. The van der Waals surface area contributed by atoms with Crippen LogP contribution < -0.4 is 5.73 Å². The Morgan fingerprint density at radius 2 is 2.21 bits per heavy atom. The molecule has 0 unspecified atom stereocenters. The third kappa shape index (κ3) is 1.84. The summed E-state index contributed by atoms with van der Waals surface area (Å²) in [7, 11) is 0. The Morgan fingerprint density at radius 1 is 1.57 bits per heavy atom. The third-order valence-electron chi connectivity index (χ3n) is 2.08. The van der Waals surface area contributed by atoms with Gasteiger partial charge in [-0.05, 0) is 26.3 Å². The fourth-order valence-corrected chi connectivity index (χ4v) is 1.20. The van der Waals surface area contributed by atoms with Crippen molar-refractivity contribution in [2.24, 2.45) is 0 Å². The molecule has 4 nitrogen and oxygen atoms in total. The number of hydrogen-bond acceptors (Lipinski definition) is 4. The number of pyridine rings is 1. The van der Waals surface area contributed by atoms with Gasteiger partial charge in [0.05, 0.1) is 24.1 Å². The van der Waals surface area contributed by atoms with E-state index in [4.69, 9.17) is 10.5 Å². The molecule has 1 heterocycles. The first-order chi connectivity index (χ1) is 6.57. The molecule has 0 bridgehead atoms. The Balaban J connectivity index is 3.18. The Labute approximate surface area is 83.1 Å². The number of nitrogens with two attached hydrogens (primary N) is 1. The summed E-state index contributed by atoms with van der Waals surface area (Å²) in [5, 5.41) is 0. The highest BCUT2D eigenvalue weighted by atomic mass is 16.5. The average molecular weight is 194 g/mol. The number of carbonyl (C=O) groups is 1. The summed E-state index contributed by atoms with van der Waals surface area (Å²) in [6, 6.07) is 0. The number of nitrogen functional groups attached to an aromatic ring is 1. The van der Waals surface area contributed by atoms with Crippen LogP contribution in [0.2, 0.25) is 0 Å². The first-order valence-electron chi connectivity index (χ1n) is 4.46. The van der Waals surface area contributed by atoms with Gasteiger partial charge >= 0.3 is 5.97 Å². The third-order valence-corrected chi connectivity index (χ3v) is 2.08. The van der Waals surface area contributed by atoms with Crippen molar-refractivity contribution in [3.05, 3.63) is 23.0 Å². The molecule has 0 aliphatic carbocycles. The monoisotopic (exact) mass is 194 g/mol. The molecule has 0 aliphatic heterocycles. The minimum atomic E-state index is -0.381. The van der Waals surface area contributed by atoms with Crippen molar-refractivity contribution < 1.29 is 9.53 Å². The van der Waals surface area contributed by atoms with Gasteiger partial charge in [-0.15, -0.1) is 0 Å². The fourth-order valence-electron chi connectivity index (χ4n) is 1.20. The van der Waals surface area contributed by atoms with Gasteiger partial charge in [0.25, 0.3) is 0 Å². The first-order valence-corrected chi connectivity index (χ1v) is 4.46. The minimum absolute atomic E-state index is 0.346. The number of ether oxygens (including phenoxy) is 1. The lowest BCUT2D eigenvalue weighted by atomic mass is 10.1. The van der Waals surface area contributed by atoms with Crippen molar-refractivity contribution in [1.29, 1.82) is 0 Å². The molecular weight excluding hydrogens is 180 g/mol. The van der Waals surface area contributed by atoms with Crippen LogP contribution in [0.5, 0.6) is 0 Å². The number of nitrogens with zero attached hydrogens (tertiary/aromatic N) is 1. The number of rotatable bonds is 2. The number of carbonyl (C=O) groups excluding carboxylic acids is 1. The normalized spacial score (nSPS) is 9.93.